The van der Waals surface area contributed by atoms with Gasteiger partial charge in [-0.2, -0.15) is 0 Å². The molecule has 2 aromatic rings. The molecule has 1 atom stereocenters. The molecule has 2 heterocycles. The number of rotatable bonds is 4. The topological polar surface area (TPSA) is 34.2 Å². The van der Waals surface area contributed by atoms with Crippen LogP contribution >= 0.6 is 11.6 Å². The maximum Gasteiger partial charge on any atom is 0.0498 e. The lowest BCUT2D eigenvalue weighted by molar-refractivity contribution is 0.171. The minimum absolute atomic E-state index is 0.578. The number of halogens is 1. The fourth-order valence-corrected chi connectivity index (χ4v) is 3.65. The fourth-order valence-electron chi connectivity index (χ4n) is 3.49. The minimum Gasteiger partial charge on any atom is -0.347 e. The highest BCUT2D eigenvalue weighted by Crippen LogP contribution is 2.26. The average molecular weight is 306 g/mol. The molecule has 4 heteroatoms. The van der Waals surface area contributed by atoms with Gasteiger partial charge in [0.2, 0.25) is 0 Å². The monoisotopic (exact) mass is 305 g/mol. The van der Waals surface area contributed by atoms with Crippen LogP contribution < -0.4 is 5.73 Å². The molecule has 21 heavy (non-hydrogen) atoms. The Balaban J connectivity index is 1.81. The third-order valence-corrected chi connectivity index (χ3v) is 5.01. The summed E-state index contributed by atoms with van der Waals surface area (Å²) in [6.07, 6.45) is 7.41. The van der Waals surface area contributed by atoms with E-state index < -0.39 is 0 Å². The molecule has 1 aromatic heterocycles. The lowest BCUT2D eigenvalue weighted by atomic mass is 10.0. The van der Waals surface area contributed by atoms with E-state index in [4.69, 9.17) is 17.3 Å². The molecule has 1 aliphatic rings. The number of nitrogens with zero attached hydrogens (tertiary/aromatic N) is 2. The molecule has 3 nitrogen and oxygen atoms in total. The van der Waals surface area contributed by atoms with Crippen LogP contribution in [-0.4, -0.2) is 29.1 Å². The van der Waals surface area contributed by atoms with Gasteiger partial charge in [0.15, 0.2) is 0 Å². The van der Waals surface area contributed by atoms with E-state index in [9.17, 15) is 0 Å². The highest BCUT2D eigenvalue weighted by molar-refractivity contribution is 6.31. The van der Waals surface area contributed by atoms with Crippen LogP contribution in [0.3, 0.4) is 0 Å². The predicted octanol–water partition coefficient (Wildman–Crippen LogP) is 3.63. The molecule has 0 radical (unpaired) electrons. The normalized spacial score (nSPS) is 20.2. The molecule has 1 aromatic carbocycles. The number of likely N-dealkylation sites (tertiary alicyclic amines) is 1. The van der Waals surface area contributed by atoms with E-state index in [2.05, 4.69) is 34.8 Å². The van der Waals surface area contributed by atoms with Gasteiger partial charge in [-0.15, -0.1) is 0 Å². The standard InChI is InChI=1S/C17H24ClN3/c1-20-8-3-2-4-15(20)7-9-21-12-13(11-19)16-6-5-14(18)10-17(16)21/h5-6,10,12,15H,2-4,7-9,11,19H2,1H3. The van der Waals surface area contributed by atoms with E-state index in [0.29, 0.717) is 12.6 Å². The summed E-state index contributed by atoms with van der Waals surface area (Å²) in [5.41, 5.74) is 8.29. The maximum atomic E-state index is 6.16. The summed E-state index contributed by atoms with van der Waals surface area (Å²) in [6.45, 7) is 2.84. The van der Waals surface area contributed by atoms with E-state index in [-0.39, 0.29) is 0 Å². The summed E-state index contributed by atoms with van der Waals surface area (Å²) >= 11 is 6.16. The third kappa shape index (κ3) is 3.10. The van der Waals surface area contributed by atoms with E-state index in [0.717, 1.165) is 11.6 Å². The fraction of sp³-hybridized carbons (Fsp3) is 0.529. The number of hydrogen-bond acceptors (Lipinski definition) is 2. The number of aromatic nitrogens is 1. The molecule has 0 spiro atoms. The Kier molecular flexibility index (Phi) is 4.53. The Morgan fingerprint density at radius 3 is 2.95 bits per heavy atom. The number of hydrogen-bond donors (Lipinski definition) is 1. The minimum atomic E-state index is 0.578. The van der Waals surface area contributed by atoms with Gasteiger partial charge < -0.3 is 15.2 Å². The molecule has 1 saturated heterocycles. The first-order valence-corrected chi connectivity index (χ1v) is 8.24. The Morgan fingerprint density at radius 2 is 2.19 bits per heavy atom. The Morgan fingerprint density at radius 1 is 1.33 bits per heavy atom. The lowest BCUT2D eigenvalue weighted by Gasteiger charge is -2.32. The van der Waals surface area contributed by atoms with Crippen molar-refractivity contribution in [1.29, 1.82) is 0 Å². The molecule has 3 rings (SSSR count). The van der Waals surface area contributed by atoms with Crippen LogP contribution in [0.4, 0.5) is 0 Å². The molecular formula is C17H24ClN3. The van der Waals surface area contributed by atoms with Gasteiger partial charge in [-0.1, -0.05) is 24.1 Å². The van der Waals surface area contributed by atoms with E-state index >= 15 is 0 Å². The third-order valence-electron chi connectivity index (χ3n) is 4.77. The van der Waals surface area contributed by atoms with Gasteiger partial charge in [0.1, 0.15) is 0 Å². The second kappa shape index (κ2) is 6.39. The summed E-state index contributed by atoms with van der Waals surface area (Å²) in [5, 5.41) is 2.03. The van der Waals surface area contributed by atoms with Crippen molar-refractivity contribution in [2.24, 2.45) is 5.73 Å². The van der Waals surface area contributed by atoms with Crippen LogP contribution in [0.25, 0.3) is 10.9 Å². The zero-order valence-electron chi connectivity index (χ0n) is 12.7. The van der Waals surface area contributed by atoms with Crippen LogP contribution in [0, 0.1) is 0 Å². The Bertz CT molecular complexity index is 620. The molecule has 0 amide bonds. The molecular weight excluding hydrogens is 282 g/mol. The number of aryl methyl sites for hydroxylation is 1. The van der Waals surface area contributed by atoms with Gasteiger partial charge >= 0.3 is 0 Å². The van der Waals surface area contributed by atoms with E-state index in [1.165, 1.54) is 48.7 Å². The van der Waals surface area contributed by atoms with Crippen molar-refractivity contribution >= 4 is 22.5 Å². The van der Waals surface area contributed by atoms with Crippen molar-refractivity contribution in [3.05, 3.63) is 35.0 Å². The summed E-state index contributed by atoms with van der Waals surface area (Å²) in [7, 11) is 2.25. The number of fused-ring (bicyclic) bond motifs is 1. The summed E-state index contributed by atoms with van der Waals surface area (Å²) in [5.74, 6) is 0. The molecule has 114 valence electrons. The van der Waals surface area contributed by atoms with E-state index in [1.54, 1.807) is 0 Å². The number of benzene rings is 1. The summed E-state index contributed by atoms with van der Waals surface area (Å²) in [4.78, 5) is 2.51. The largest absolute Gasteiger partial charge is 0.347 e. The van der Waals surface area contributed by atoms with Crippen molar-refractivity contribution in [2.75, 3.05) is 13.6 Å². The van der Waals surface area contributed by atoms with Gasteiger partial charge in [-0.3, -0.25) is 0 Å². The van der Waals surface area contributed by atoms with Crippen LogP contribution in [0.15, 0.2) is 24.4 Å². The molecule has 0 aliphatic carbocycles. The number of piperidine rings is 1. The quantitative estimate of drug-likeness (QED) is 0.936. The average Bonchev–Trinajstić information content (AvgIpc) is 2.83. The van der Waals surface area contributed by atoms with Gasteiger partial charge in [0.25, 0.3) is 0 Å². The zero-order valence-corrected chi connectivity index (χ0v) is 13.4. The van der Waals surface area contributed by atoms with Crippen molar-refractivity contribution in [3.8, 4) is 0 Å². The van der Waals surface area contributed by atoms with Crippen LogP contribution in [0.2, 0.25) is 5.02 Å². The van der Waals surface area contributed by atoms with Crippen molar-refractivity contribution in [3.63, 3.8) is 0 Å². The maximum absolute atomic E-state index is 6.16. The Hall–Kier alpha value is -1.03. The summed E-state index contributed by atoms with van der Waals surface area (Å²) < 4.78 is 2.33. The molecule has 1 aliphatic heterocycles. The summed E-state index contributed by atoms with van der Waals surface area (Å²) in [6, 6.07) is 6.79. The van der Waals surface area contributed by atoms with Gasteiger partial charge in [-0.25, -0.2) is 0 Å². The second-order valence-electron chi connectivity index (χ2n) is 6.13. The SMILES string of the molecule is CN1CCCCC1CCn1cc(CN)c2ccc(Cl)cc21. The van der Waals surface area contributed by atoms with Crippen LogP contribution in [0.1, 0.15) is 31.2 Å². The molecule has 2 N–H and O–H groups in total. The zero-order chi connectivity index (χ0) is 14.8. The van der Waals surface area contributed by atoms with Crippen molar-refractivity contribution in [2.45, 2.75) is 44.8 Å². The first-order valence-electron chi connectivity index (χ1n) is 7.86. The molecule has 0 bridgehead atoms. The van der Waals surface area contributed by atoms with Gasteiger partial charge in [0.05, 0.1) is 0 Å². The highest BCUT2D eigenvalue weighted by Gasteiger charge is 2.19. The molecule has 0 saturated carbocycles. The second-order valence-corrected chi connectivity index (χ2v) is 6.57. The first kappa shape index (κ1) is 14.9. The smallest absolute Gasteiger partial charge is 0.0498 e. The number of nitrogens with two attached hydrogens (primary N) is 1. The van der Waals surface area contributed by atoms with Gasteiger partial charge in [-0.05, 0) is 50.6 Å². The van der Waals surface area contributed by atoms with Crippen LogP contribution in [-0.2, 0) is 13.1 Å². The molecule has 1 fully saturated rings. The predicted molar refractivity (Wildman–Crippen MR) is 89.7 cm³/mol. The lowest BCUT2D eigenvalue weighted by Crippen LogP contribution is -2.36. The van der Waals surface area contributed by atoms with Crippen molar-refractivity contribution < 1.29 is 0 Å². The van der Waals surface area contributed by atoms with Crippen LogP contribution in [0.5, 0.6) is 0 Å². The highest BCUT2D eigenvalue weighted by atomic mass is 35.5. The molecule has 1 unspecified atom stereocenters. The first-order chi connectivity index (χ1) is 10.2. The Labute approximate surface area is 131 Å². The van der Waals surface area contributed by atoms with Crippen molar-refractivity contribution in [1.82, 2.24) is 9.47 Å². The van der Waals surface area contributed by atoms with E-state index in [1.807, 2.05) is 6.07 Å². The van der Waals surface area contributed by atoms with Gasteiger partial charge in [0, 0.05) is 41.3 Å².